The summed E-state index contributed by atoms with van der Waals surface area (Å²) < 4.78 is 10.4. The topological polar surface area (TPSA) is 99.4 Å². The van der Waals surface area contributed by atoms with Gasteiger partial charge in [0.15, 0.2) is 6.29 Å². The maximum atomic E-state index is 9.60. The first-order valence-electron chi connectivity index (χ1n) is 5.11. The molecular weight excluding hydrogens is 284 g/mol. The van der Waals surface area contributed by atoms with Crippen molar-refractivity contribution < 1.29 is 29.9 Å². The maximum absolute atomic E-state index is 9.60. The average molecular weight is 301 g/mol. The van der Waals surface area contributed by atoms with Crippen molar-refractivity contribution in [1.29, 1.82) is 0 Å². The number of ether oxygens (including phenoxy) is 2. The third kappa shape index (κ3) is 3.13. The van der Waals surface area contributed by atoms with Crippen LogP contribution in [-0.2, 0) is 9.47 Å². The summed E-state index contributed by atoms with van der Waals surface area (Å²) in [5, 5.41) is 37.2. The summed E-state index contributed by atoms with van der Waals surface area (Å²) in [5.41, 5.74) is 0. The van der Waals surface area contributed by atoms with E-state index in [2.05, 4.69) is 15.9 Å². The van der Waals surface area contributed by atoms with E-state index in [1.54, 1.807) is 0 Å². The molecule has 1 rings (SSSR count). The lowest BCUT2D eigenvalue weighted by Crippen LogP contribution is -2.59. The maximum Gasteiger partial charge on any atom is 0.188 e. The first-order chi connectivity index (χ1) is 7.51. The fourth-order valence-corrected chi connectivity index (χ4v) is 1.63. The molecule has 96 valence electrons. The summed E-state index contributed by atoms with van der Waals surface area (Å²) in [5.74, 6) is 0. The van der Waals surface area contributed by atoms with Gasteiger partial charge < -0.3 is 29.9 Å². The normalized spacial score (nSPS) is 42.0. The molecule has 1 saturated heterocycles. The predicted molar refractivity (Wildman–Crippen MR) is 57.9 cm³/mol. The zero-order valence-corrected chi connectivity index (χ0v) is 10.4. The van der Waals surface area contributed by atoms with Gasteiger partial charge in [-0.25, -0.2) is 0 Å². The Morgan fingerprint density at radius 2 is 1.88 bits per heavy atom. The molecule has 0 saturated carbocycles. The van der Waals surface area contributed by atoms with Gasteiger partial charge in [0.05, 0.1) is 6.61 Å². The molecular formula is C9H17BrO6. The van der Waals surface area contributed by atoms with Crippen molar-refractivity contribution in [2.24, 2.45) is 0 Å². The monoisotopic (exact) mass is 300 g/mol. The number of halogens is 1. The highest BCUT2D eigenvalue weighted by atomic mass is 79.9. The molecule has 0 aliphatic carbocycles. The molecule has 6 atom stereocenters. The van der Waals surface area contributed by atoms with Crippen LogP contribution in [-0.4, -0.2) is 62.8 Å². The molecule has 0 bridgehead atoms. The fraction of sp³-hybridized carbons (Fsp3) is 1.00. The molecule has 2 unspecified atom stereocenters. The highest BCUT2D eigenvalue weighted by molar-refractivity contribution is 9.09. The van der Waals surface area contributed by atoms with Crippen LogP contribution in [0.4, 0.5) is 0 Å². The van der Waals surface area contributed by atoms with Gasteiger partial charge in [-0.05, 0) is 6.42 Å². The summed E-state index contributed by atoms with van der Waals surface area (Å²) in [6.45, 7) is 1.41. The van der Waals surface area contributed by atoms with E-state index in [-0.39, 0.29) is 5.01 Å². The van der Waals surface area contributed by atoms with Gasteiger partial charge >= 0.3 is 0 Å². The Morgan fingerprint density at radius 3 is 2.38 bits per heavy atom. The smallest absolute Gasteiger partial charge is 0.188 e. The van der Waals surface area contributed by atoms with Gasteiger partial charge in [-0.3, -0.25) is 0 Å². The minimum atomic E-state index is -1.40. The fourth-order valence-electron chi connectivity index (χ4n) is 1.42. The van der Waals surface area contributed by atoms with Crippen LogP contribution in [0.2, 0.25) is 0 Å². The molecule has 0 amide bonds. The number of aliphatic hydroxyl groups excluding tert-OH is 4. The van der Waals surface area contributed by atoms with Gasteiger partial charge in [0.25, 0.3) is 0 Å². The van der Waals surface area contributed by atoms with Crippen molar-refractivity contribution in [2.75, 3.05) is 6.61 Å². The van der Waals surface area contributed by atoms with Gasteiger partial charge in [0.1, 0.15) is 29.4 Å². The third-order valence-corrected chi connectivity index (χ3v) is 3.31. The van der Waals surface area contributed by atoms with E-state index in [0.717, 1.165) is 0 Å². The van der Waals surface area contributed by atoms with E-state index in [0.29, 0.717) is 6.42 Å². The van der Waals surface area contributed by atoms with E-state index < -0.39 is 37.3 Å². The van der Waals surface area contributed by atoms with E-state index in [4.69, 9.17) is 14.6 Å². The first kappa shape index (κ1) is 14.3. The molecule has 0 aromatic carbocycles. The largest absolute Gasteiger partial charge is 0.394 e. The molecule has 4 N–H and O–H groups in total. The number of aliphatic hydroxyl groups is 4. The van der Waals surface area contributed by atoms with Crippen LogP contribution in [0.15, 0.2) is 0 Å². The van der Waals surface area contributed by atoms with Crippen LogP contribution in [0, 0.1) is 0 Å². The van der Waals surface area contributed by atoms with E-state index in [1.807, 2.05) is 6.92 Å². The third-order valence-electron chi connectivity index (χ3n) is 2.45. The second-order valence-electron chi connectivity index (χ2n) is 3.65. The highest BCUT2D eigenvalue weighted by Gasteiger charge is 2.44. The van der Waals surface area contributed by atoms with Gasteiger partial charge in [0.2, 0.25) is 0 Å². The van der Waals surface area contributed by atoms with Crippen molar-refractivity contribution in [3.8, 4) is 0 Å². The Kier molecular flexibility index (Phi) is 5.58. The Labute approximate surface area is 102 Å². The Hall–Kier alpha value is 0.240. The molecule has 1 heterocycles. The molecule has 6 nitrogen and oxygen atoms in total. The summed E-state index contributed by atoms with van der Waals surface area (Å²) >= 11 is 3.20. The minimum Gasteiger partial charge on any atom is -0.394 e. The predicted octanol–water partition coefficient (Wildman–Crippen LogP) is -1.07. The van der Waals surface area contributed by atoms with Gasteiger partial charge in [-0.2, -0.15) is 0 Å². The molecule has 7 heteroatoms. The van der Waals surface area contributed by atoms with Crippen molar-refractivity contribution in [2.45, 2.75) is 49.1 Å². The quantitative estimate of drug-likeness (QED) is 0.494. The Morgan fingerprint density at radius 1 is 1.25 bits per heavy atom. The van der Waals surface area contributed by atoms with Crippen molar-refractivity contribution in [3.05, 3.63) is 0 Å². The standard InChI is InChI=1S/C9H17BrO6/c1-2-5(10)16-9-8(14)7(13)6(12)4(3-11)15-9/h4-9,11-14H,2-3H2,1H3/t4-,5?,6+,7+,8-,9?/m1/s1. The molecule has 0 aromatic rings. The molecule has 0 spiro atoms. The summed E-state index contributed by atoms with van der Waals surface area (Å²) in [7, 11) is 0. The Bertz CT molecular complexity index is 214. The molecule has 1 fully saturated rings. The lowest BCUT2D eigenvalue weighted by molar-refractivity contribution is -0.303. The summed E-state index contributed by atoms with van der Waals surface area (Å²) in [6, 6.07) is 0. The van der Waals surface area contributed by atoms with Crippen LogP contribution in [0.25, 0.3) is 0 Å². The second kappa shape index (κ2) is 6.25. The van der Waals surface area contributed by atoms with Crippen LogP contribution < -0.4 is 0 Å². The minimum absolute atomic E-state index is 0.325. The molecule has 1 aliphatic rings. The first-order valence-corrected chi connectivity index (χ1v) is 6.02. The van der Waals surface area contributed by atoms with Crippen molar-refractivity contribution in [3.63, 3.8) is 0 Å². The molecule has 16 heavy (non-hydrogen) atoms. The van der Waals surface area contributed by atoms with E-state index in [1.165, 1.54) is 0 Å². The van der Waals surface area contributed by atoms with Gasteiger partial charge in [0, 0.05) is 0 Å². The Balaban J connectivity index is 2.63. The summed E-state index contributed by atoms with van der Waals surface area (Å²) in [4.78, 5) is 0. The second-order valence-corrected chi connectivity index (χ2v) is 4.67. The zero-order chi connectivity index (χ0) is 12.3. The highest BCUT2D eigenvalue weighted by Crippen LogP contribution is 2.24. The molecule has 0 radical (unpaired) electrons. The zero-order valence-electron chi connectivity index (χ0n) is 8.86. The summed E-state index contributed by atoms with van der Waals surface area (Å²) in [6.07, 6.45) is -5.44. The van der Waals surface area contributed by atoms with Crippen molar-refractivity contribution in [1.82, 2.24) is 0 Å². The van der Waals surface area contributed by atoms with Crippen LogP contribution in [0.5, 0.6) is 0 Å². The lowest BCUT2D eigenvalue weighted by Gasteiger charge is -2.40. The van der Waals surface area contributed by atoms with E-state index in [9.17, 15) is 15.3 Å². The van der Waals surface area contributed by atoms with E-state index >= 15 is 0 Å². The SMILES string of the molecule is CCC(Br)OC1O[C@H](CO)[C@H](O)[C@H](O)[C@H]1O. The average Bonchev–Trinajstić information content (AvgIpc) is 2.29. The van der Waals surface area contributed by atoms with Crippen LogP contribution in [0.3, 0.4) is 0 Å². The lowest BCUT2D eigenvalue weighted by atomic mass is 9.99. The van der Waals surface area contributed by atoms with Crippen molar-refractivity contribution >= 4 is 15.9 Å². The number of hydrogen-bond acceptors (Lipinski definition) is 6. The number of rotatable bonds is 4. The molecule has 1 aliphatic heterocycles. The van der Waals surface area contributed by atoms with Gasteiger partial charge in [-0.1, -0.05) is 22.9 Å². The van der Waals surface area contributed by atoms with Crippen LogP contribution >= 0.6 is 15.9 Å². The van der Waals surface area contributed by atoms with Gasteiger partial charge in [-0.15, -0.1) is 0 Å². The number of alkyl halides is 1. The molecule has 0 aromatic heterocycles. The number of hydrogen-bond donors (Lipinski definition) is 4. The van der Waals surface area contributed by atoms with Crippen LogP contribution in [0.1, 0.15) is 13.3 Å².